The molecule has 1 rings (SSSR count). The molecule has 0 amide bonds. The fourth-order valence-corrected chi connectivity index (χ4v) is 16.1. The van der Waals surface area contributed by atoms with E-state index in [2.05, 4.69) is 68.9 Å². The molecule has 0 aliphatic heterocycles. The maximum absolute atomic E-state index is 13.6. The normalized spacial score (nSPS) is 13.2. The number of rotatable bonds is 90. The first-order valence-corrected chi connectivity index (χ1v) is 48.7. The van der Waals surface area contributed by atoms with Gasteiger partial charge in [-0.15, -0.1) is 0 Å². The number of hydrogen-bond donors (Lipinski definition) is 4. The molecule has 1 aromatic rings. The zero-order valence-electron chi connectivity index (χ0n) is 75.3. The van der Waals surface area contributed by atoms with E-state index in [4.69, 9.17) is 28.4 Å². The van der Waals surface area contributed by atoms with Crippen molar-refractivity contribution in [2.24, 2.45) is 17.8 Å². The molecule has 5 unspecified atom stereocenters. The van der Waals surface area contributed by atoms with Gasteiger partial charge in [-0.05, 0) is 179 Å². The first-order chi connectivity index (χ1) is 55.3. The number of hydrogen-bond acceptors (Lipinski definition) is 17. The topological polar surface area (TPSA) is 212 Å². The number of carbonyl (C=O) groups excluding carboxylic acids is 3. The van der Waals surface area contributed by atoms with Crippen LogP contribution in [0.15, 0.2) is 9.59 Å². The molecular weight excluding hydrogens is 1420 g/mol. The van der Waals surface area contributed by atoms with Gasteiger partial charge in [-0.3, -0.25) is 19.2 Å². The average molecular weight is 1600 g/mol. The van der Waals surface area contributed by atoms with Crippen molar-refractivity contribution in [2.45, 2.75) is 472 Å². The standard InChI is InChI=1S/C96H184N4O13/c1-9-16-22-27-31-43-56-80-108-95(106)110-82-84(15-7)61-51-55-76-99(77-59-72-98-92-91(97-8)93(104)94(92)105)73-52-40-32-38-50-69-90(103)113-88(66-48-37-30-25-19-12-4)67-58-63-85(60-21-14-6)70-71-86(62-45-34-26-20-13-5)83-111-96(107)109-81-57-44-42-54-75-100(78-79-101)74-53-41-33-39-49-68-89(102)112-87(64-46-35-28-23-17-10-2)65-47-36-29-24-18-11-3/h84-88,96-98,101,107H,9-83H2,1-8H3. The quantitative estimate of drug-likeness (QED) is 0.0157. The Balaban J connectivity index is 2.67. The van der Waals surface area contributed by atoms with Gasteiger partial charge in [0, 0.05) is 33.0 Å². The summed E-state index contributed by atoms with van der Waals surface area (Å²) in [5.41, 5.74) is -0.144. The van der Waals surface area contributed by atoms with Crippen LogP contribution in [0.25, 0.3) is 0 Å². The fourth-order valence-electron chi connectivity index (χ4n) is 16.1. The molecule has 0 radical (unpaired) electrons. The zero-order valence-corrected chi connectivity index (χ0v) is 75.3. The Morgan fingerprint density at radius 3 is 1.19 bits per heavy atom. The smallest absolute Gasteiger partial charge is 0.462 e. The zero-order chi connectivity index (χ0) is 82.4. The van der Waals surface area contributed by atoms with Crippen molar-refractivity contribution in [3.05, 3.63) is 20.4 Å². The van der Waals surface area contributed by atoms with Gasteiger partial charge < -0.3 is 59.1 Å². The summed E-state index contributed by atoms with van der Waals surface area (Å²) >= 11 is 0. The van der Waals surface area contributed by atoms with Crippen molar-refractivity contribution in [3.63, 3.8) is 0 Å². The summed E-state index contributed by atoms with van der Waals surface area (Å²) < 4.78 is 35.3. The van der Waals surface area contributed by atoms with Crippen LogP contribution in [-0.4, -0.2) is 143 Å². The Hall–Kier alpha value is -3.35. The van der Waals surface area contributed by atoms with Crippen LogP contribution >= 0.6 is 0 Å². The number of carbonyl (C=O) groups is 3. The number of unbranched alkanes of at least 4 members (excludes halogenated alkanes) is 38. The summed E-state index contributed by atoms with van der Waals surface area (Å²) in [6.45, 7) is 22.6. The highest BCUT2D eigenvalue weighted by molar-refractivity contribution is 5.73. The summed E-state index contributed by atoms with van der Waals surface area (Å²) in [5, 5.41) is 26.8. The van der Waals surface area contributed by atoms with Gasteiger partial charge in [0.25, 0.3) is 17.3 Å². The second kappa shape index (κ2) is 81.0. The van der Waals surface area contributed by atoms with Gasteiger partial charge in [0.15, 0.2) is 0 Å². The minimum Gasteiger partial charge on any atom is -0.462 e. The minimum atomic E-state index is -1.22. The lowest BCUT2D eigenvalue weighted by molar-refractivity contribution is -0.268. The average Bonchev–Trinajstić information content (AvgIpc) is 0.789. The van der Waals surface area contributed by atoms with Gasteiger partial charge in [-0.25, -0.2) is 4.79 Å². The molecule has 0 saturated heterocycles. The number of ether oxygens (including phenoxy) is 6. The van der Waals surface area contributed by atoms with Crippen molar-refractivity contribution < 1.29 is 53.0 Å². The maximum Gasteiger partial charge on any atom is 0.508 e. The molecule has 0 aromatic heterocycles. The molecule has 17 heteroatoms. The molecule has 0 saturated carbocycles. The predicted octanol–water partition coefficient (Wildman–Crippen LogP) is 25.2. The summed E-state index contributed by atoms with van der Waals surface area (Å²) in [6, 6.07) is 0. The van der Waals surface area contributed by atoms with E-state index in [1.807, 2.05) is 0 Å². The van der Waals surface area contributed by atoms with E-state index in [0.29, 0.717) is 81.5 Å². The minimum absolute atomic E-state index is 0.00238. The summed E-state index contributed by atoms with van der Waals surface area (Å²) in [7, 11) is 1.67. The van der Waals surface area contributed by atoms with Crippen LogP contribution in [-0.2, 0) is 38.0 Å². The number of nitrogens with one attached hydrogen (secondary N) is 2. The van der Waals surface area contributed by atoms with Crippen LogP contribution < -0.4 is 21.5 Å². The molecule has 0 heterocycles. The number of aliphatic hydroxyl groups excluding tert-OH is 2. The largest absolute Gasteiger partial charge is 0.508 e. The third-order valence-corrected chi connectivity index (χ3v) is 23.7. The van der Waals surface area contributed by atoms with E-state index in [1.165, 1.54) is 180 Å². The van der Waals surface area contributed by atoms with Crippen LogP contribution in [0.4, 0.5) is 16.2 Å². The molecule has 0 aliphatic carbocycles. The summed E-state index contributed by atoms with van der Waals surface area (Å²) in [5.74, 6) is 1.22. The van der Waals surface area contributed by atoms with Gasteiger partial charge in [-0.2, -0.15) is 0 Å². The van der Waals surface area contributed by atoms with Gasteiger partial charge in [0.05, 0.1) is 33.0 Å². The lowest BCUT2D eigenvalue weighted by Crippen LogP contribution is -2.37. The van der Waals surface area contributed by atoms with E-state index in [-0.39, 0.29) is 30.8 Å². The third kappa shape index (κ3) is 65.2. The number of nitrogens with zero attached hydrogens (tertiary/aromatic N) is 2. The van der Waals surface area contributed by atoms with E-state index < -0.39 is 23.5 Å². The second-order valence-electron chi connectivity index (χ2n) is 34.1. The Bertz CT molecular complexity index is 2290. The first kappa shape index (κ1) is 108. The molecule has 4 N–H and O–H groups in total. The Morgan fingerprint density at radius 1 is 0.345 bits per heavy atom. The van der Waals surface area contributed by atoms with Crippen molar-refractivity contribution >= 4 is 29.5 Å². The summed E-state index contributed by atoms with van der Waals surface area (Å²) in [4.78, 5) is 68.0. The van der Waals surface area contributed by atoms with Crippen LogP contribution in [0.3, 0.4) is 0 Å². The van der Waals surface area contributed by atoms with E-state index in [1.54, 1.807) is 7.05 Å². The van der Waals surface area contributed by atoms with Crippen LogP contribution in [0.1, 0.15) is 453 Å². The molecule has 0 spiro atoms. The molecule has 666 valence electrons. The lowest BCUT2D eigenvalue weighted by atomic mass is 9.86. The Morgan fingerprint density at radius 2 is 0.708 bits per heavy atom. The van der Waals surface area contributed by atoms with Crippen molar-refractivity contribution in [2.75, 3.05) is 96.5 Å². The van der Waals surface area contributed by atoms with Crippen LogP contribution in [0.2, 0.25) is 0 Å². The highest BCUT2D eigenvalue weighted by Gasteiger charge is 2.23. The number of aliphatic hydroxyl groups is 2. The van der Waals surface area contributed by atoms with Crippen LogP contribution in [0.5, 0.6) is 0 Å². The lowest BCUT2D eigenvalue weighted by Gasteiger charge is -2.24. The van der Waals surface area contributed by atoms with Gasteiger partial charge in [0.1, 0.15) is 23.6 Å². The molecule has 0 fully saturated rings. The molecule has 0 bridgehead atoms. The van der Waals surface area contributed by atoms with Gasteiger partial charge >= 0.3 is 18.1 Å². The molecule has 17 nitrogen and oxygen atoms in total. The monoisotopic (exact) mass is 1600 g/mol. The highest BCUT2D eigenvalue weighted by Crippen LogP contribution is 2.29. The molecule has 0 aliphatic rings. The van der Waals surface area contributed by atoms with Crippen LogP contribution in [0, 0.1) is 17.8 Å². The van der Waals surface area contributed by atoms with E-state index >= 15 is 0 Å². The SMILES string of the molecule is CCCCCCCCCOC(=O)OCC(CC)CCCCN(CCCCCCCC(=O)OC(CCCCCCCC)CCCC(CCCC)CCC(CCCCCCC)COC(O)OCCCCCCN(CCO)CCCCCCCC(=O)OC(CCCCCCCC)CCCCCCCC)CCCNc1c(NC)c(=O)c1=O. The Kier molecular flexibility index (Phi) is 77.2. The Labute approximate surface area is 695 Å². The van der Waals surface area contributed by atoms with Gasteiger partial charge in [0.2, 0.25) is 0 Å². The molecule has 1 aromatic carbocycles. The van der Waals surface area contributed by atoms with E-state index in [9.17, 15) is 34.2 Å². The molecule has 113 heavy (non-hydrogen) atoms. The summed E-state index contributed by atoms with van der Waals surface area (Å²) in [6.07, 6.45) is 69.6. The van der Waals surface area contributed by atoms with Crippen molar-refractivity contribution in [1.82, 2.24) is 9.80 Å². The predicted molar refractivity (Wildman–Crippen MR) is 475 cm³/mol. The fraction of sp³-hybridized carbons (Fsp3) is 0.927. The number of esters is 2. The van der Waals surface area contributed by atoms with Crippen molar-refractivity contribution in [3.8, 4) is 0 Å². The third-order valence-electron chi connectivity index (χ3n) is 23.7. The van der Waals surface area contributed by atoms with E-state index in [0.717, 1.165) is 245 Å². The highest BCUT2D eigenvalue weighted by atomic mass is 16.8. The first-order valence-electron chi connectivity index (χ1n) is 48.7. The van der Waals surface area contributed by atoms with Gasteiger partial charge in [-0.1, -0.05) is 312 Å². The van der Waals surface area contributed by atoms with Crippen molar-refractivity contribution in [1.29, 1.82) is 0 Å². The number of anilines is 2. The molecular formula is C96H184N4O13. The maximum atomic E-state index is 13.6. The molecule has 5 atom stereocenters. The second-order valence-corrected chi connectivity index (χ2v) is 34.1.